The molecule has 0 atom stereocenters. The highest BCUT2D eigenvalue weighted by Gasteiger charge is 2.39. The second kappa shape index (κ2) is 6.46. The topological polar surface area (TPSA) is 32.3 Å². The van der Waals surface area contributed by atoms with Gasteiger partial charge in [0.15, 0.2) is 0 Å². The van der Waals surface area contributed by atoms with Gasteiger partial charge in [-0.2, -0.15) is 0 Å². The van der Waals surface area contributed by atoms with Crippen molar-refractivity contribution in [2.24, 2.45) is 5.41 Å². The summed E-state index contributed by atoms with van der Waals surface area (Å²) in [6, 6.07) is 0. The van der Waals surface area contributed by atoms with Crippen molar-refractivity contribution in [2.75, 3.05) is 19.6 Å². The normalized spacial score (nSPS) is 24.4. The third-order valence-electron chi connectivity index (χ3n) is 5.07. The average molecular weight is 280 g/mol. The standard InChI is InChI=1S/C17H32N2O/c1-16(2,3)15(20)18-14-17(10-6-4-7-11-17)19-12-8-5-9-13-19/h4-14H2,1-3H3,(H,18,20). The summed E-state index contributed by atoms with van der Waals surface area (Å²) in [5.41, 5.74) is -0.0304. The highest BCUT2D eigenvalue weighted by molar-refractivity contribution is 5.81. The van der Waals surface area contributed by atoms with Crippen molar-refractivity contribution >= 4 is 5.91 Å². The zero-order valence-corrected chi connectivity index (χ0v) is 13.6. The molecule has 1 saturated heterocycles. The average Bonchev–Trinajstić information content (AvgIpc) is 2.45. The Hall–Kier alpha value is -0.570. The molecule has 0 aromatic carbocycles. The van der Waals surface area contributed by atoms with E-state index in [4.69, 9.17) is 0 Å². The van der Waals surface area contributed by atoms with Gasteiger partial charge in [0.05, 0.1) is 0 Å². The molecule has 1 heterocycles. The van der Waals surface area contributed by atoms with Gasteiger partial charge >= 0.3 is 0 Å². The Morgan fingerprint density at radius 3 is 2.10 bits per heavy atom. The second-order valence-corrected chi connectivity index (χ2v) is 7.77. The van der Waals surface area contributed by atoms with Crippen LogP contribution in [0, 0.1) is 5.41 Å². The van der Waals surface area contributed by atoms with E-state index >= 15 is 0 Å². The molecule has 1 aliphatic carbocycles. The molecule has 1 N–H and O–H groups in total. The molecule has 1 amide bonds. The summed E-state index contributed by atoms with van der Waals surface area (Å²) in [6.45, 7) is 9.30. The van der Waals surface area contributed by atoms with E-state index in [0.29, 0.717) is 0 Å². The number of likely N-dealkylation sites (tertiary alicyclic amines) is 1. The Kier molecular flexibility index (Phi) is 5.11. The number of nitrogens with zero attached hydrogens (tertiary/aromatic N) is 1. The van der Waals surface area contributed by atoms with E-state index in [2.05, 4.69) is 10.2 Å². The first-order valence-corrected chi connectivity index (χ1v) is 8.47. The van der Waals surface area contributed by atoms with Crippen LogP contribution in [0.15, 0.2) is 0 Å². The van der Waals surface area contributed by atoms with E-state index in [9.17, 15) is 4.79 Å². The molecule has 0 unspecified atom stereocenters. The summed E-state index contributed by atoms with van der Waals surface area (Å²) in [4.78, 5) is 14.9. The van der Waals surface area contributed by atoms with Gasteiger partial charge in [0, 0.05) is 17.5 Å². The molecule has 0 radical (unpaired) electrons. The van der Waals surface area contributed by atoms with Crippen LogP contribution >= 0.6 is 0 Å². The molecule has 2 fully saturated rings. The number of nitrogens with one attached hydrogen (secondary N) is 1. The van der Waals surface area contributed by atoms with Crippen LogP contribution in [-0.4, -0.2) is 36.0 Å². The Morgan fingerprint density at radius 1 is 1.00 bits per heavy atom. The maximum absolute atomic E-state index is 12.2. The van der Waals surface area contributed by atoms with Crippen molar-refractivity contribution in [2.45, 2.75) is 77.7 Å². The summed E-state index contributed by atoms with van der Waals surface area (Å²) in [5, 5.41) is 3.25. The zero-order chi connectivity index (χ0) is 14.6. The minimum Gasteiger partial charge on any atom is -0.354 e. The third-order valence-corrected chi connectivity index (χ3v) is 5.07. The Balaban J connectivity index is 2.01. The highest BCUT2D eigenvalue weighted by atomic mass is 16.2. The molecule has 1 aliphatic heterocycles. The van der Waals surface area contributed by atoms with Crippen LogP contribution < -0.4 is 5.32 Å². The van der Waals surface area contributed by atoms with E-state index in [0.717, 1.165) is 6.54 Å². The molecule has 3 nitrogen and oxygen atoms in total. The first-order valence-electron chi connectivity index (χ1n) is 8.47. The monoisotopic (exact) mass is 280 g/mol. The first-order chi connectivity index (χ1) is 9.44. The van der Waals surface area contributed by atoms with E-state index in [1.807, 2.05) is 20.8 Å². The Labute approximate surface area is 124 Å². The molecule has 2 aliphatic rings. The number of hydrogen-bond donors (Lipinski definition) is 1. The van der Waals surface area contributed by atoms with Crippen molar-refractivity contribution in [3.8, 4) is 0 Å². The highest BCUT2D eigenvalue weighted by Crippen LogP contribution is 2.35. The summed E-state index contributed by atoms with van der Waals surface area (Å²) in [6.07, 6.45) is 10.6. The lowest BCUT2D eigenvalue weighted by molar-refractivity contribution is -0.129. The number of hydrogen-bond acceptors (Lipinski definition) is 2. The smallest absolute Gasteiger partial charge is 0.225 e. The number of carbonyl (C=O) groups excluding carboxylic acids is 1. The quantitative estimate of drug-likeness (QED) is 0.860. The third kappa shape index (κ3) is 3.75. The molecule has 0 spiro atoms. The first kappa shape index (κ1) is 15.8. The van der Waals surface area contributed by atoms with Gasteiger partial charge in [-0.1, -0.05) is 46.5 Å². The number of amides is 1. The van der Waals surface area contributed by atoms with Crippen molar-refractivity contribution in [1.82, 2.24) is 10.2 Å². The molecule has 0 bridgehead atoms. The van der Waals surface area contributed by atoms with Crippen molar-refractivity contribution < 1.29 is 4.79 Å². The van der Waals surface area contributed by atoms with Crippen LogP contribution in [0.3, 0.4) is 0 Å². The van der Waals surface area contributed by atoms with Crippen LogP contribution in [-0.2, 0) is 4.79 Å². The number of carbonyl (C=O) groups is 1. The second-order valence-electron chi connectivity index (χ2n) is 7.77. The molecular formula is C17H32N2O. The van der Waals surface area contributed by atoms with Crippen LogP contribution in [0.2, 0.25) is 0 Å². The van der Waals surface area contributed by atoms with Gasteiger partial charge in [-0.25, -0.2) is 0 Å². The molecule has 0 aromatic rings. The SMILES string of the molecule is CC(C)(C)C(=O)NCC1(N2CCCCC2)CCCCC1. The van der Waals surface area contributed by atoms with Crippen molar-refractivity contribution in [1.29, 1.82) is 0 Å². The molecule has 116 valence electrons. The molecule has 20 heavy (non-hydrogen) atoms. The molecule has 0 aromatic heterocycles. The van der Waals surface area contributed by atoms with E-state index in [1.165, 1.54) is 64.5 Å². The fraction of sp³-hybridized carbons (Fsp3) is 0.941. The lowest BCUT2D eigenvalue weighted by Crippen LogP contribution is -2.58. The lowest BCUT2D eigenvalue weighted by atomic mass is 9.79. The maximum atomic E-state index is 12.2. The summed E-state index contributed by atoms with van der Waals surface area (Å²) in [7, 11) is 0. The minimum atomic E-state index is -0.280. The Morgan fingerprint density at radius 2 is 1.55 bits per heavy atom. The van der Waals surface area contributed by atoms with Gasteiger partial charge in [-0.15, -0.1) is 0 Å². The predicted octanol–water partition coefficient (Wildman–Crippen LogP) is 3.34. The maximum Gasteiger partial charge on any atom is 0.225 e. The van der Waals surface area contributed by atoms with Crippen LogP contribution in [0.25, 0.3) is 0 Å². The zero-order valence-electron chi connectivity index (χ0n) is 13.6. The van der Waals surface area contributed by atoms with Gasteiger partial charge in [0.2, 0.25) is 5.91 Å². The number of piperidine rings is 1. The van der Waals surface area contributed by atoms with Gasteiger partial charge in [-0.05, 0) is 38.8 Å². The van der Waals surface area contributed by atoms with Crippen molar-refractivity contribution in [3.63, 3.8) is 0 Å². The van der Waals surface area contributed by atoms with Gasteiger partial charge < -0.3 is 5.32 Å². The van der Waals surface area contributed by atoms with Crippen molar-refractivity contribution in [3.05, 3.63) is 0 Å². The molecule has 1 saturated carbocycles. The fourth-order valence-electron chi connectivity index (χ4n) is 3.69. The largest absolute Gasteiger partial charge is 0.354 e. The summed E-state index contributed by atoms with van der Waals surface area (Å²) >= 11 is 0. The molecule has 3 heteroatoms. The summed E-state index contributed by atoms with van der Waals surface area (Å²) in [5.74, 6) is 0.194. The van der Waals surface area contributed by atoms with Gasteiger partial charge in [0.25, 0.3) is 0 Å². The molecule has 2 rings (SSSR count). The van der Waals surface area contributed by atoms with E-state index in [1.54, 1.807) is 0 Å². The van der Waals surface area contributed by atoms with Gasteiger partial charge in [0.1, 0.15) is 0 Å². The predicted molar refractivity (Wildman–Crippen MR) is 83.7 cm³/mol. The number of rotatable bonds is 3. The minimum absolute atomic E-state index is 0.194. The van der Waals surface area contributed by atoms with Gasteiger partial charge in [-0.3, -0.25) is 9.69 Å². The molecular weight excluding hydrogens is 248 g/mol. The van der Waals surface area contributed by atoms with E-state index in [-0.39, 0.29) is 16.9 Å². The summed E-state index contributed by atoms with van der Waals surface area (Å²) < 4.78 is 0. The lowest BCUT2D eigenvalue weighted by Gasteiger charge is -2.48. The van der Waals surface area contributed by atoms with Crippen LogP contribution in [0.5, 0.6) is 0 Å². The van der Waals surface area contributed by atoms with Crippen LogP contribution in [0.1, 0.15) is 72.1 Å². The van der Waals surface area contributed by atoms with Crippen LogP contribution in [0.4, 0.5) is 0 Å². The Bertz CT molecular complexity index is 320. The fourth-order valence-corrected chi connectivity index (χ4v) is 3.69. The van der Waals surface area contributed by atoms with E-state index < -0.39 is 0 Å².